The van der Waals surface area contributed by atoms with E-state index < -0.39 is 35.4 Å². The van der Waals surface area contributed by atoms with Crippen molar-refractivity contribution in [2.75, 3.05) is 18.5 Å². The summed E-state index contributed by atoms with van der Waals surface area (Å²) in [5.74, 6) is -1.97. The van der Waals surface area contributed by atoms with Gasteiger partial charge in [-0.3, -0.25) is 14.5 Å². The van der Waals surface area contributed by atoms with E-state index in [2.05, 4.69) is 0 Å². The third-order valence-electron chi connectivity index (χ3n) is 6.11. The van der Waals surface area contributed by atoms with Gasteiger partial charge in [0.25, 0.3) is 5.91 Å². The minimum absolute atomic E-state index is 0.0431. The molecule has 1 fully saturated rings. The lowest BCUT2D eigenvalue weighted by molar-refractivity contribution is -0.143. The van der Waals surface area contributed by atoms with Crippen LogP contribution in [0.1, 0.15) is 32.8 Å². The van der Waals surface area contributed by atoms with Gasteiger partial charge in [-0.15, -0.1) is 11.3 Å². The van der Waals surface area contributed by atoms with Crippen LogP contribution in [0.3, 0.4) is 0 Å². The number of alkyl halides is 6. The first-order valence-corrected chi connectivity index (χ1v) is 13.9. The van der Waals surface area contributed by atoms with E-state index in [1.54, 1.807) is 0 Å². The van der Waals surface area contributed by atoms with Gasteiger partial charge in [0, 0.05) is 30.6 Å². The molecule has 1 aliphatic rings. The van der Waals surface area contributed by atoms with E-state index in [1.165, 1.54) is 58.6 Å². The SMILES string of the molecule is CN(C(=O)CCN1C(=O)C(=Cc2cc(-c3cc(C(F)(F)F)cc(C(F)(F)F)c3)cs2)SC1=S)c1ccc(C(=O)O)cc1. The average Bonchev–Trinajstić information content (AvgIpc) is 3.49. The van der Waals surface area contributed by atoms with E-state index >= 15 is 0 Å². The zero-order valence-corrected chi connectivity index (χ0v) is 23.7. The Kier molecular flexibility index (Phi) is 8.85. The van der Waals surface area contributed by atoms with Crippen LogP contribution in [0.2, 0.25) is 0 Å². The molecule has 0 aliphatic carbocycles. The predicted molar refractivity (Wildman–Crippen MR) is 151 cm³/mol. The highest BCUT2D eigenvalue weighted by atomic mass is 32.2. The molecule has 0 unspecified atom stereocenters. The summed E-state index contributed by atoms with van der Waals surface area (Å²) in [5.41, 5.74) is -2.52. The molecule has 220 valence electrons. The van der Waals surface area contributed by atoms with Crippen LogP contribution in [0.5, 0.6) is 0 Å². The van der Waals surface area contributed by atoms with Gasteiger partial charge in [-0.1, -0.05) is 24.0 Å². The molecule has 4 rings (SSSR count). The number of benzene rings is 2. The maximum atomic E-state index is 13.3. The number of carbonyl (C=O) groups is 3. The number of rotatable bonds is 7. The van der Waals surface area contributed by atoms with Crippen molar-refractivity contribution in [2.45, 2.75) is 18.8 Å². The number of thioether (sulfide) groups is 1. The zero-order valence-electron chi connectivity index (χ0n) is 21.2. The van der Waals surface area contributed by atoms with Crippen molar-refractivity contribution in [1.29, 1.82) is 0 Å². The number of anilines is 1. The molecule has 6 nitrogen and oxygen atoms in total. The quantitative estimate of drug-likeness (QED) is 0.164. The van der Waals surface area contributed by atoms with Crippen molar-refractivity contribution in [3.63, 3.8) is 0 Å². The van der Waals surface area contributed by atoms with Crippen LogP contribution in [0, 0.1) is 0 Å². The molecular weight excluding hydrogens is 626 g/mol. The highest BCUT2D eigenvalue weighted by Crippen LogP contribution is 2.40. The number of aromatic carboxylic acids is 1. The molecule has 2 aromatic carbocycles. The number of nitrogens with zero attached hydrogens (tertiary/aromatic N) is 2. The third-order valence-corrected chi connectivity index (χ3v) is 8.37. The summed E-state index contributed by atoms with van der Waals surface area (Å²) < 4.78 is 79.7. The van der Waals surface area contributed by atoms with Crippen molar-refractivity contribution < 1.29 is 45.8 Å². The Morgan fingerprint density at radius 2 is 1.57 bits per heavy atom. The molecule has 0 bridgehead atoms. The summed E-state index contributed by atoms with van der Waals surface area (Å²) in [4.78, 5) is 39.8. The van der Waals surface area contributed by atoms with Crippen LogP contribution in [0.15, 0.2) is 58.8 Å². The lowest BCUT2D eigenvalue weighted by atomic mass is 10.0. The van der Waals surface area contributed by atoms with Crippen LogP contribution in [0.25, 0.3) is 17.2 Å². The predicted octanol–water partition coefficient (Wildman–Crippen LogP) is 7.41. The first kappa shape index (κ1) is 31.3. The Morgan fingerprint density at radius 1 is 0.976 bits per heavy atom. The highest BCUT2D eigenvalue weighted by molar-refractivity contribution is 8.26. The number of thiophene rings is 1. The molecule has 3 aromatic rings. The Morgan fingerprint density at radius 3 is 2.12 bits per heavy atom. The van der Waals surface area contributed by atoms with E-state index in [1.807, 2.05) is 0 Å². The third kappa shape index (κ3) is 7.02. The van der Waals surface area contributed by atoms with Crippen LogP contribution in [-0.4, -0.2) is 45.7 Å². The van der Waals surface area contributed by atoms with E-state index in [0.717, 1.165) is 23.1 Å². The molecule has 2 amide bonds. The van der Waals surface area contributed by atoms with Crippen LogP contribution in [0.4, 0.5) is 32.0 Å². The van der Waals surface area contributed by atoms with Gasteiger partial charge in [-0.05, 0) is 71.1 Å². The number of hydrogen-bond donors (Lipinski definition) is 1. The molecule has 42 heavy (non-hydrogen) atoms. The number of thiocarbonyl (C=S) groups is 1. The minimum Gasteiger partial charge on any atom is -0.478 e. The molecule has 0 spiro atoms. The van der Waals surface area contributed by atoms with Crippen LogP contribution < -0.4 is 4.90 Å². The smallest absolute Gasteiger partial charge is 0.416 e. The number of carboxylic acids is 1. The summed E-state index contributed by atoms with van der Waals surface area (Å²) >= 11 is 7.25. The average molecular weight is 645 g/mol. The van der Waals surface area contributed by atoms with E-state index in [9.17, 15) is 40.7 Å². The Bertz CT molecular complexity index is 1560. The number of hydrogen-bond acceptors (Lipinski definition) is 6. The molecule has 0 saturated carbocycles. The summed E-state index contributed by atoms with van der Waals surface area (Å²) in [7, 11) is 1.50. The highest BCUT2D eigenvalue weighted by Gasteiger charge is 2.37. The van der Waals surface area contributed by atoms with E-state index in [0.29, 0.717) is 22.7 Å². The summed E-state index contributed by atoms with van der Waals surface area (Å²) in [5, 5.41) is 10.4. The fraction of sp³-hybridized carbons (Fsp3) is 0.185. The van der Waals surface area contributed by atoms with Gasteiger partial charge in [-0.2, -0.15) is 26.3 Å². The van der Waals surface area contributed by atoms with Crippen molar-refractivity contribution in [2.24, 2.45) is 0 Å². The van der Waals surface area contributed by atoms with E-state index in [-0.39, 0.29) is 50.9 Å². The Hall–Kier alpha value is -3.69. The largest absolute Gasteiger partial charge is 0.478 e. The maximum Gasteiger partial charge on any atom is 0.416 e. The molecule has 0 atom stereocenters. The van der Waals surface area contributed by atoms with Gasteiger partial charge in [0.15, 0.2) is 0 Å². The summed E-state index contributed by atoms with van der Waals surface area (Å²) in [6.07, 6.45) is -8.63. The second kappa shape index (κ2) is 11.9. The number of halogens is 6. The second-order valence-corrected chi connectivity index (χ2v) is 11.5. The molecule has 1 aliphatic heterocycles. The number of amides is 2. The van der Waals surface area contributed by atoms with Crippen molar-refractivity contribution in [3.05, 3.63) is 80.4 Å². The number of carbonyl (C=O) groups excluding carboxylic acids is 2. The topological polar surface area (TPSA) is 77.9 Å². The number of carboxylic acid groups (broad SMARTS) is 1. The van der Waals surface area contributed by atoms with Gasteiger partial charge in [0.2, 0.25) is 5.91 Å². The normalized spacial score (nSPS) is 15.0. The molecule has 1 aromatic heterocycles. The lowest BCUT2D eigenvalue weighted by Gasteiger charge is -2.20. The van der Waals surface area contributed by atoms with Gasteiger partial charge in [-0.25, -0.2) is 4.79 Å². The van der Waals surface area contributed by atoms with Crippen molar-refractivity contribution >= 4 is 69.2 Å². The Labute approximate surface area is 248 Å². The first-order chi connectivity index (χ1) is 19.5. The fourth-order valence-electron chi connectivity index (χ4n) is 3.87. The molecule has 1 saturated heterocycles. The zero-order chi connectivity index (χ0) is 31.0. The first-order valence-electron chi connectivity index (χ1n) is 11.8. The summed E-state index contributed by atoms with van der Waals surface area (Å²) in [6.45, 7) is -0.0431. The molecular formula is C27H18F6N2O4S3. The standard InChI is InChI=1S/C27H18F6N2O4S3/c1-34(19-4-2-14(3-5-19)24(38)39)22(36)6-7-35-23(37)21(42-25(35)40)12-20-10-16(13-41-20)15-8-17(26(28,29)30)11-18(9-15)27(31,32)33/h2-5,8-13H,6-7H2,1H3,(H,38,39). The van der Waals surface area contributed by atoms with Gasteiger partial charge >= 0.3 is 18.3 Å². The maximum absolute atomic E-state index is 13.3. The lowest BCUT2D eigenvalue weighted by Crippen LogP contribution is -2.34. The van der Waals surface area contributed by atoms with Crippen molar-refractivity contribution in [1.82, 2.24) is 4.90 Å². The van der Waals surface area contributed by atoms with Gasteiger partial charge in [0.05, 0.1) is 21.6 Å². The van der Waals surface area contributed by atoms with Crippen LogP contribution in [-0.2, 0) is 21.9 Å². The summed E-state index contributed by atoms with van der Waals surface area (Å²) in [6, 6.07) is 8.36. The molecule has 2 heterocycles. The fourth-order valence-corrected chi connectivity index (χ4v) is 6.09. The molecule has 15 heteroatoms. The Balaban J connectivity index is 1.47. The molecule has 1 N–H and O–H groups in total. The monoisotopic (exact) mass is 644 g/mol. The molecule has 0 radical (unpaired) electrons. The van der Waals surface area contributed by atoms with E-state index in [4.69, 9.17) is 17.3 Å². The van der Waals surface area contributed by atoms with Crippen LogP contribution >= 0.6 is 35.3 Å². The van der Waals surface area contributed by atoms with Gasteiger partial charge in [0.1, 0.15) is 4.32 Å². The van der Waals surface area contributed by atoms with Crippen molar-refractivity contribution in [3.8, 4) is 11.1 Å². The minimum atomic E-state index is -4.98. The second-order valence-electron chi connectivity index (χ2n) is 8.92. The van der Waals surface area contributed by atoms with Gasteiger partial charge < -0.3 is 10.0 Å².